The van der Waals surface area contributed by atoms with Gasteiger partial charge in [0.1, 0.15) is 5.69 Å². The van der Waals surface area contributed by atoms with E-state index >= 15 is 0 Å². The van der Waals surface area contributed by atoms with Crippen LogP contribution in [0.3, 0.4) is 0 Å². The first kappa shape index (κ1) is 14.1. The van der Waals surface area contributed by atoms with E-state index in [9.17, 15) is 4.79 Å². The molecule has 1 saturated heterocycles. The Labute approximate surface area is 129 Å². The van der Waals surface area contributed by atoms with Crippen molar-refractivity contribution in [2.75, 3.05) is 31.1 Å². The molecule has 1 aliphatic heterocycles. The number of nitrogens with zero attached hydrogens (tertiary/aromatic N) is 3. The topological polar surface area (TPSA) is 36.4 Å². The van der Waals surface area contributed by atoms with Gasteiger partial charge in [-0.3, -0.25) is 4.79 Å². The summed E-state index contributed by atoms with van der Waals surface area (Å²) in [5.74, 6) is 0.0586. The van der Waals surface area contributed by atoms with Crippen molar-refractivity contribution in [2.24, 2.45) is 0 Å². The molecule has 0 unspecified atom stereocenters. The normalized spacial score (nSPS) is 15.3. The molecule has 2 aromatic rings. The van der Waals surface area contributed by atoms with Crippen LogP contribution in [0.1, 0.15) is 20.9 Å². The summed E-state index contributed by atoms with van der Waals surface area (Å²) >= 11 is 1.39. The summed E-state index contributed by atoms with van der Waals surface area (Å²) in [4.78, 5) is 17.7. The molecule has 1 amide bonds. The highest BCUT2D eigenvalue weighted by molar-refractivity contribution is 7.05. The number of aryl methyl sites for hydroxylation is 2. The lowest BCUT2D eigenvalue weighted by atomic mass is 10.2. The van der Waals surface area contributed by atoms with Gasteiger partial charge in [0.05, 0.1) is 0 Å². The van der Waals surface area contributed by atoms with Crippen LogP contribution < -0.4 is 4.90 Å². The minimum Gasteiger partial charge on any atom is -0.368 e. The third-order valence-corrected chi connectivity index (χ3v) is 4.47. The predicted octanol–water partition coefficient (Wildman–Crippen LogP) is 2.72. The quantitative estimate of drug-likeness (QED) is 0.856. The standard InChI is InChI=1S/C16H19N3OS/c1-12-4-3-5-14(10-12)18-6-8-19(9-7-18)16(20)15-11-13(2)21-17-15/h3-5,10-11H,6-9H2,1-2H3. The van der Waals surface area contributed by atoms with Gasteiger partial charge < -0.3 is 9.80 Å². The molecule has 1 fully saturated rings. The van der Waals surface area contributed by atoms with Crippen LogP contribution in [0.15, 0.2) is 30.3 Å². The molecule has 0 atom stereocenters. The fraction of sp³-hybridized carbons (Fsp3) is 0.375. The number of benzene rings is 1. The largest absolute Gasteiger partial charge is 0.368 e. The summed E-state index contributed by atoms with van der Waals surface area (Å²) in [5, 5.41) is 0. The van der Waals surface area contributed by atoms with Crippen molar-refractivity contribution in [1.82, 2.24) is 9.27 Å². The Morgan fingerprint density at radius 3 is 2.52 bits per heavy atom. The number of hydrogen-bond donors (Lipinski definition) is 0. The van der Waals surface area contributed by atoms with E-state index in [1.54, 1.807) is 0 Å². The number of carbonyl (C=O) groups excluding carboxylic acids is 1. The number of amides is 1. The van der Waals surface area contributed by atoms with Crippen LogP contribution in [0.2, 0.25) is 0 Å². The van der Waals surface area contributed by atoms with Gasteiger partial charge in [-0.15, -0.1) is 0 Å². The van der Waals surface area contributed by atoms with Crippen LogP contribution in [-0.4, -0.2) is 41.4 Å². The molecule has 0 bridgehead atoms. The monoisotopic (exact) mass is 301 g/mol. The lowest BCUT2D eigenvalue weighted by Crippen LogP contribution is -2.48. The van der Waals surface area contributed by atoms with Crippen LogP contribution >= 0.6 is 11.5 Å². The first-order chi connectivity index (χ1) is 10.1. The van der Waals surface area contributed by atoms with E-state index in [1.165, 1.54) is 22.8 Å². The van der Waals surface area contributed by atoms with Gasteiger partial charge in [-0.05, 0) is 49.1 Å². The molecule has 1 aromatic carbocycles. The van der Waals surface area contributed by atoms with Crippen molar-refractivity contribution in [1.29, 1.82) is 0 Å². The third kappa shape index (κ3) is 3.08. The number of anilines is 1. The Balaban J connectivity index is 1.64. The van der Waals surface area contributed by atoms with Crippen molar-refractivity contribution in [3.05, 3.63) is 46.5 Å². The molecule has 0 aliphatic carbocycles. The molecule has 0 spiro atoms. The minimum absolute atomic E-state index is 0.0586. The van der Waals surface area contributed by atoms with Crippen molar-refractivity contribution >= 4 is 23.1 Å². The van der Waals surface area contributed by atoms with Crippen molar-refractivity contribution in [2.45, 2.75) is 13.8 Å². The van der Waals surface area contributed by atoms with Crippen molar-refractivity contribution in [3.63, 3.8) is 0 Å². The number of carbonyl (C=O) groups is 1. The maximum Gasteiger partial charge on any atom is 0.273 e. The van der Waals surface area contributed by atoms with Crippen LogP contribution in [-0.2, 0) is 0 Å². The summed E-state index contributed by atoms with van der Waals surface area (Å²) in [5.41, 5.74) is 3.09. The molecular weight excluding hydrogens is 282 g/mol. The molecule has 1 aromatic heterocycles. The Bertz CT molecular complexity index is 644. The summed E-state index contributed by atoms with van der Waals surface area (Å²) in [7, 11) is 0. The molecule has 1 aliphatic rings. The van der Waals surface area contributed by atoms with E-state index in [-0.39, 0.29) is 5.91 Å². The van der Waals surface area contributed by atoms with Crippen molar-refractivity contribution in [3.8, 4) is 0 Å². The molecule has 110 valence electrons. The molecule has 0 saturated carbocycles. The highest BCUT2D eigenvalue weighted by atomic mass is 32.1. The van der Waals surface area contributed by atoms with E-state index in [0.29, 0.717) is 5.69 Å². The summed E-state index contributed by atoms with van der Waals surface area (Å²) in [6, 6.07) is 10.4. The minimum atomic E-state index is 0.0586. The molecule has 21 heavy (non-hydrogen) atoms. The van der Waals surface area contributed by atoms with E-state index < -0.39 is 0 Å². The summed E-state index contributed by atoms with van der Waals surface area (Å²) in [6.45, 7) is 7.33. The van der Waals surface area contributed by atoms with Crippen LogP contribution in [0.25, 0.3) is 0 Å². The first-order valence-corrected chi connectivity index (χ1v) is 7.95. The lowest BCUT2D eigenvalue weighted by molar-refractivity contribution is 0.0742. The molecule has 0 N–H and O–H groups in total. The number of rotatable bonds is 2. The van der Waals surface area contributed by atoms with Gasteiger partial charge in [-0.2, -0.15) is 4.37 Å². The Morgan fingerprint density at radius 1 is 1.14 bits per heavy atom. The van der Waals surface area contributed by atoms with Crippen molar-refractivity contribution < 1.29 is 4.79 Å². The second-order valence-corrected chi connectivity index (χ2v) is 6.45. The fourth-order valence-corrected chi connectivity index (χ4v) is 3.16. The highest BCUT2D eigenvalue weighted by Gasteiger charge is 2.23. The average Bonchev–Trinajstić information content (AvgIpc) is 2.93. The molecule has 3 rings (SSSR count). The van der Waals surface area contributed by atoms with Crippen LogP contribution in [0, 0.1) is 13.8 Å². The fourth-order valence-electron chi connectivity index (χ4n) is 2.62. The molecular formula is C16H19N3OS. The first-order valence-electron chi connectivity index (χ1n) is 7.18. The SMILES string of the molecule is Cc1cccc(N2CCN(C(=O)c3cc(C)sn3)CC2)c1. The average molecular weight is 301 g/mol. The van der Waals surface area contributed by atoms with E-state index in [2.05, 4.69) is 40.5 Å². The molecule has 0 radical (unpaired) electrons. The van der Waals surface area contributed by atoms with E-state index in [4.69, 9.17) is 0 Å². The van der Waals surface area contributed by atoms with Gasteiger partial charge in [-0.25, -0.2) is 0 Å². The van der Waals surface area contributed by atoms with E-state index in [0.717, 1.165) is 31.1 Å². The predicted molar refractivity (Wildman–Crippen MR) is 86.1 cm³/mol. The van der Waals surface area contributed by atoms with Gasteiger partial charge in [0.2, 0.25) is 0 Å². The lowest BCUT2D eigenvalue weighted by Gasteiger charge is -2.36. The zero-order valence-corrected chi connectivity index (χ0v) is 13.2. The third-order valence-electron chi connectivity index (χ3n) is 3.78. The zero-order valence-electron chi connectivity index (χ0n) is 12.4. The van der Waals surface area contributed by atoms with Gasteiger partial charge in [-0.1, -0.05) is 12.1 Å². The second-order valence-electron chi connectivity index (χ2n) is 5.44. The van der Waals surface area contributed by atoms with E-state index in [1.807, 2.05) is 17.9 Å². The maximum absolute atomic E-state index is 12.4. The maximum atomic E-state index is 12.4. The Kier molecular flexibility index (Phi) is 3.92. The molecule has 5 heteroatoms. The smallest absolute Gasteiger partial charge is 0.273 e. The second kappa shape index (κ2) is 5.85. The zero-order chi connectivity index (χ0) is 14.8. The van der Waals surface area contributed by atoms with Crippen LogP contribution in [0.5, 0.6) is 0 Å². The molecule has 2 heterocycles. The number of hydrogen-bond acceptors (Lipinski definition) is 4. The van der Waals surface area contributed by atoms with Gasteiger partial charge >= 0.3 is 0 Å². The van der Waals surface area contributed by atoms with Gasteiger partial charge in [0, 0.05) is 36.7 Å². The van der Waals surface area contributed by atoms with Gasteiger partial charge in [0.15, 0.2) is 0 Å². The van der Waals surface area contributed by atoms with Gasteiger partial charge in [0.25, 0.3) is 5.91 Å². The summed E-state index contributed by atoms with van der Waals surface area (Å²) in [6.07, 6.45) is 0. The Hall–Kier alpha value is -1.88. The summed E-state index contributed by atoms with van der Waals surface area (Å²) < 4.78 is 4.22. The highest BCUT2D eigenvalue weighted by Crippen LogP contribution is 2.19. The molecule has 4 nitrogen and oxygen atoms in total. The number of aromatic nitrogens is 1. The number of piperazine rings is 1. The van der Waals surface area contributed by atoms with Crippen LogP contribution in [0.4, 0.5) is 5.69 Å². The Morgan fingerprint density at radius 2 is 1.90 bits per heavy atom.